The minimum absolute atomic E-state index is 0.736. The zero-order valence-electron chi connectivity index (χ0n) is 9.63. The molecule has 0 bridgehead atoms. The van der Waals surface area contributed by atoms with E-state index in [1.165, 1.54) is 0 Å². The van der Waals surface area contributed by atoms with Crippen LogP contribution in [0.4, 0.5) is 0 Å². The predicted octanol–water partition coefficient (Wildman–Crippen LogP) is 3.40. The van der Waals surface area contributed by atoms with Crippen LogP contribution in [0, 0.1) is 0 Å². The smallest absolute Gasteiger partial charge is 0.124 e. The molecule has 0 aliphatic rings. The molecule has 0 unspecified atom stereocenters. The summed E-state index contributed by atoms with van der Waals surface area (Å²) in [6.07, 6.45) is 4.06. The monoisotopic (exact) mass is 239 g/mol. The highest BCUT2D eigenvalue weighted by Crippen LogP contribution is 2.25. The van der Waals surface area contributed by atoms with Crippen LogP contribution in [-0.2, 0) is 6.54 Å². The standard InChI is InChI=1S/C13H18ClNO/c1-3-4-5-9-15-10-11-12(14)7-6-8-13(11)16-2/h3,6-8,15H,1,4-5,9-10H2,2H3. The molecule has 0 amide bonds. The lowest BCUT2D eigenvalue weighted by Crippen LogP contribution is -2.15. The zero-order chi connectivity index (χ0) is 11.8. The van der Waals surface area contributed by atoms with Crippen LogP contribution >= 0.6 is 11.6 Å². The zero-order valence-corrected chi connectivity index (χ0v) is 10.4. The third-order valence-electron chi connectivity index (χ3n) is 2.36. The van der Waals surface area contributed by atoms with Crippen LogP contribution in [0.3, 0.4) is 0 Å². The normalized spacial score (nSPS) is 10.1. The molecule has 0 fully saturated rings. The Bertz CT molecular complexity index is 339. The molecule has 1 N–H and O–H groups in total. The molecule has 0 aromatic heterocycles. The molecule has 1 aromatic rings. The van der Waals surface area contributed by atoms with Gasteiger partial charge in [-0.1, -0.05) is 23.7 Å². The van der Waals surface area contributed by atoms with Gasteiger partial charge in [0.2, 0.25) is 0 Å². The number of halogens is 1. The topological polar surface area (TPSA) is 21.3 Å². The highest BCUT2D eigenvalue weighted by atomic mass is 35.5. The molecule has 0 heterocycles. The Kier molecular flexibility index (Phi) is 5.98. The second-order valence-electron chi connectivity index (χ2n) is 3.53. The van der Waals surface area contributed by atoms with E-state index in [4.69, 9.17) is 16.3 Å². The molecule has 0 saturated heterocycles. The second kappa shape index (κ2) is 7.31. The van der Waals surface area contributed by atoms with E-state index in [2.05, 4.69) is 11.9 Å². The van der Waals surface area contributed by atoms with Crippen molar-refractivity contribution in [2.45, 2.75) is 19.4 Å². The summed E-state index contributed by atoms with van der Waals surface area (Å²) in [6.45, 7) is 5.38. The third-order valence-corrected chi connectivity index (χ3v) is 2.71. The largest absolute Gasteiger partial charge is 0.496 e. The summed E-state index contributed by atoms with van der Waals surface area (Å²) >= 11 is 6.11. The van der Waals surface area contributed by atoms with Crippen molar-refractivity contribution >= 4 is 11.6 Å². The van der Waals surface area contributed by atoms with Gasteiger partial charge >= 0.3 is 0 Å². The lowest BCUT2D eigenvalue weighted by Gasteiger charge is -2.11. The fourth-order valence-electron chi connectivity index (χ4n) is 1.49. The number of hydrogen-bond donors (Lipinski definition) is 1. The second-order valence-corrected chi connectivity index (χ2v) is 3.94. The molecule has 88 valence electrons. The van der Waals surface area contributed by atoms with Gasteiger partial charge < -0.3 is 10.1 Å². The van der Waals surface area contributed by atoms with Gasteiger partial charge in [0.05, 0.1) is 7.11 Å². The summed E-state index contributed by atoms with van der Waals surface area (Å²) in [4.78, 5) is 0. The fourth-order valence-corrected chi connectivity index (χ4v) is 1.72. The predicted molar refractivity (Wildman–Crippen MR) is 69.1 cm³/mol. The van der Waals surface area contributed by atoms with Crippen molar-refractivity contribution in [1.29, 1.82) is 0 Å². The number of methoxy groups -OCH3 is 1. The maximum atomic E-state index is 6.11. The van der Waals surface area contributed by atoms with Gasteiger partial charge in [0.15, 0.2) is 0 Å². The summed E-state index contributed by atoms with van der Waals surface area (Å²) in [5, 5.41) is 4.09. The van der Waals surface area contributed by atoms with Gasteiger partial charge in [-0.25, -0.2) is 0 Å². The number of rotatable bonds is 7. The number of unbranched alkanes of at least 4 members (excludes halogenated alkanes) is 1. The average molecular weight is 240 g/mol. The first-order chi connectivity index (χ1) is 7.79. The molecule has 0 spiro atoms. The Morgan fingerprint density at radius 2 is 2.31 bits per heavy atom. The van der Waals surface area contributed by atoms with E-state index in [9.17, 15) is 0 Å². The maximum Gasteiger partial charge on any atom is 0.124 e. The van der Waals surface area contributed by atoms with E-state index in [0.717, 1.165) is 42.3 Å². The number of hydrogen-bond acceptors (Lipinski definition) is 2. The number of nitrogens with one attached hydrogen (secondary N) is 1. The molecule has 0 saturated carbocycles. The SMILES string of the molecule is C=CCCCNCc1c(Cl)cccc1OC. The lowest BCUT2D eigenvalue weighted by molar-refractivity contribution is 0.407. The lowest BCUT2D eigenvalue weighted by atomic mass is 10.2. The number of allylic oxidation sites excluding steroid dienone is 1. The van der Waals surface area contributed by atoms with Gasteiger partial charge in [0, 0.05) is 17.1 Å². The van der Waals surface area contributed by atoms with E-state index in [1.54, 1.807) is 7.11 Å². The van der Waals surface area contributed by atoms with Crippen LogP contribution in [0.1, 0.15) is 18.4 Å². The number of ether oxygens (including phenoxy) is 1. The summed E-state index contributed by atoms with van der Waals surface area (Å²) in [5.41, 5.74) is 1.02. The van der Waals surface area contributed by atoms with Crippen LogP contribution < -0.4 is 10.1 Å². The Morgan fingerprint density at radius 1 is 1.50 bits per heavy atom. The molecule has 2 nitrogen and oxygen atoms in total. The third kappa shape index (κ3) is 3.87. The first kappa shape index (κ1) is 13.1. The molecule has 1 aromatic carbocycles. The Balaban J connectivity index is 2.49. The summed E-state index contributed by atoms with van der Waals surface area (Å²) in [7, 11) is 1.66. The molecule has 0 radical (unpaired) electrons. The number of benzene rings is 1. The Labute approximate surface area is 102 Å². The van der Waals surface area contributed by atoms with Crippen molar-refractivity contribution in [2.24, 2.45) is 0 Å². The van der Waals surface area contributed by atoms with E-state index in [1.807, 2.05) is 24.3 Å². The van der Waals surface area contributed by atoms with Crippen molar-refractivity contribution in [2.75, 3.05) is 13.7 Å². The fraction of sp³-hybridized carbons (Fsp3) is 0.385. The molecular formula is C13H18ClNO. The molecular weight excluding hydrogens is 222 g/mol. The van der Waals surface area contributed by atoms with Crippen LogP contribution in [0.5, 0.6) is 5.75 Å². The Hall–Kier alpha value is -0.990. The van der Waals surface area contributed by atoms with E-state index >= 15 is 0 Å². The minimum atomic E-state index is 0.736. The van der Waals surface area contributed by atoms with Crippen molar-refractivity contribution in [3.05, 3.63) is 41.4 Å². The molecule has 16 heavy (non-hydrogen) atoms. The summed E-state index contributed by atoms with van der Waals surface area (Å²) < 4.78 is 5.26. The van der Waals surface area contributed by atoms with Gasteiger partial charge in [0.1, 0.15) is 5.75 Å². The van der Waals surface area contributed by atoms with Crippen LogP contribution in [-0.4, -0.2) is 13.7 Å². The maximum absolute atomic E-state index is 6.11. The highest BCUT2D eigenvalue weighted by Gasteiger charge is 2.06. The van der Waals surface area contributed by atoms with E-state index < -0.39 is 0 Å². The molecule has 1 rings (SSSR count). The van der Waals surface area contributed by atoms with Crippen molar-refractivity contribution in [3.8, 4) is 5.75 Å². The van der Waals surface area contributed by atoms with Gasteiger partial charge in [0.25, 0.3) is 0 Å². The first-order valence-electron chi connectivity index (χ1n) is 5.42. The average Bonchev–Trinajstić information content (AvgIpc) is 2.30. The van der Waals surface area contributed by atoms with Crippen molar-refractivity contribution < 1.29 is 4.74 Å². The van der Waals surface area contributed by atoms with Gasteiger partial charge in [-0.15, -0.1) is 6.58 Å². The molecule has 3 heteroatoms. The highest BCUT2D eigenvalue weighted by molar-refractivity contribution is 6.31. The van der Waals surface area contributed by atoms with Crippen LogP contribution in [0.25, 0.3) is 0 Å². The first-order valence-corrected chi connectivity index (χ1v) is 5.80. The van der Waals surface area contributed by atoms with Crippen LogP contribution in [0.15, 0.2) is 30.9 Å². The quantitative estimate of drug-likeness (QED) is 0.582. The van der Waals surface area contributed by atoms with E-state index in [-0.39, 0.29) is 0 Å². The van der Waals surface area contributed by atoms with E-state index in [0.29, 0.717) is 0 Å². The molecule has 0 atom stereocenters. The summed E-state index contributed by atoms with van der Waals surface area (Å²) in [6, 6.07) is 5.69. The molecule has 0 aliphatic carbocycles. The van der Waals surface area contributed by atoms with Gasteiger partial charge in [-0.05, 0) is 31.5 Å². The Morgan fingerprint density at radius 3 is 3.00 bits per heavy atom. The minimum Gasteiger partial charge on any atom is -0.496 e. The van der Waals surface area contributed by atoms with Gasteiger partial charge in [-0.2, -0.15) is 0 Å². The van der Waals surface area contributed by atoms with Gasteiger partial charge in [-0.3, -0.25) is 0 Å². The molecule has 0 aliphatic heterocycles. The van der Waals surface area contributed by atoms with Crippen LogP contribution in [0.2, 0.25) is 5.02 Å². The van der Waals surface area contributed by atoms with Crippen molar-refractivity contribution in [1.82, 2.24) is 5.32 Å². The van der Waals surface area contributed by atoms with Crippen molar-refractivity contribution in [3.63, 3.8) is 0 Å². The summed E-state index contributed by atoms with van der Waals surface area (Å²) in [5.74, 6) is 0.837.